The van der Waals surface area contributed by atoms with Gasteiger partial charge in [0.15, 0.2) is 0 Å². The Balaban J connectivity index is 0.000000622. The lowest BCUT2D eigenvalue weighted by Gasteiger charge is -2.63. The molecule has 0 bridgehead atoms. The van der Waals surface area contributed by atoms with Crippen LogP contribution < -0.4 is 0 Å². The minimum Gasteiger partial charge on any atom is -0.103 e. The third-order valence-corrected chi connectivity index (χ3v) is 13.7. The van der Waals surface area contributed by atoms with Crippen LogP contribution in [0.4, 0.5) is 0 Å². The van der Waals surface area contributed by atoms with Crippen molar-refractivity contribution in [3.8, 4) is 11.8 Å². The minimum atomic E-state index is 0. The number of rotatable bonds is 6. The van der Waals surface area contributed by atoms with E-state index >= 15 is 0 Å². The Labute approximate surface area is 278 Å². The van der Waals surface area contributed by atoms with Crippen molar-refractivity contribution in [2.24, 2.45) is 51.8 Å². The molecule has 0 aromatic carbocycles. The summed E-state index contributed by atoms with van der Waals surface area (Å²) in [6, 6.07) is 0. The molecular formula is C44H76. The van der Waals surface area contributed by atoms with Crippen molar-refractivity contribution in [2.45, 2.75) is 166 Å². The maximum absolute atomic E-state index is 3.58. The zero-order valence-electron chi connectivity index (χ0n) is 30.0. The number of hydrogen-bond acceptors (Lipinski definition) is 0. The molecule has 5 aliphatic rings. The summed E-state index contributed by atoms with van der Waals surface area (Å²) in [5.74, 6) is 11.8. The molecule has 0 aromatic rings. The number of allylic oxidation sites excluding steroid dienone is 6. The SMILES string of the molecule is C.C/C=C(\CC)C1CCC[C@H]2C3CCC4C[C@@]5(CCC[C@]4(C)[C@H]3CC[C@]12C)CC5CCC.C=C/C(C#CC)=C\C.C=CCC.[HH]. The van der Waals surface area contributed by atoms with Crippen LogP contribution in [0.3, 0.4) is 0 Å². The van der Waals surface area contributed by atoms with Crippen LogP contribution in [-0.2, 0) is 0 Å². The van der Waals surface area contributed by atoms with Gasteiger partial charge in [-0.15, -0.1) is 12.5 Å². The molecule has 5 aliphatic carbocycles. The van der Waals surface area contributed by atoms with Crippen LogP contribution >= 0.6 is 0 Å². The molecule has 5 fully saturated rings. The normalized spacial score (nSPS) is 39.0. The van der Waals surface area contributed by atoms with Gasteiger partial charge in [0.05, 0.1) is 0 Å². The molecule has 0 N–H and O–H groups in total. The van der Waals surface area contributed by atoms with Crippen molar-refractivity contribution >= 4 is 0 Å². The summed E-state index contributed by atoms with van der Waals surface area (Å²) >= 11 is 0. The molecule has 0 heteroatoms. The molecule has 0 aromatic heterocycles. The first-order valence-corrected chi connectivity index (χ1v) is 18.7. The third kappa shape index (κ3) is 8.08. The van der Waals surface area contributed by atoms with E-state index in [2.05, 4.69) is 72.6 Å². The van der Waals surface area contributed by atoms with Crippen LogP contribution in [0.2, 0.25) is 0 Å². The number of hydrogen-bond donors (Lipinski definition) is 0. The second-order valence-corrected chi connectivity index (χ2v) is 15.5. The fourth-order valence-corrected chi connectivity index (χ4v) is 11.3. The van der Waals surface area contributed by atoms with Gasteiger partial charge in [-0.2, -0.15) is 0 Å². The van der Waals surface area contributed by atoms with Crippen LogP contribution in [0, 0.1) is 63.6 Å². The van der Waals surface area contributed by atoms with Crippen molar-refractivity contribution in [1.82, 2.24) is 0 Å². The van der Waals surface area contributed by atoms with E-state index in [0.717, 1.165) is 52.9 Å². The molecule has 0 nitrogen and oxygen atoms in total. The lowest BCUT2D eigenvalue weighted by molar-refractivity contribution is -0.128. The van der Waals surface area contributed by atoms with Gasteiger partial charge in [-0.25, -0.2) is 0 Å². The lowest BCUT2D eigenvalue weighted by atomic mass is 9.42. The van der Waals surface area contributed by atoms with Gasteiger partial charge < -0.3 is 0 Å². The predicted octanol–water partition coefficient (Wildman–Crippen LogP) is 14.2. The maximum Gasteiger partial charge on any atom is 0.0196 e. The van der Waals surface area contributed by atoms with Crippen molar-refractivity contribution in [3.05, 3.63) is 48.6 Å². The van der Waals surface area contributed by atoms with Gasteiger partial charge in [0.25, 0.3) is 0 Å². The number of fused-ring (bicyclic) bond motifs is 5. The van der Waals surface area contributed by atoms with Gasteiger partial charge in [-0.05, 0) is 150 Å². The Morgan fingerprint density at radius 2 is 1.57 bits per heavy atom. The Bertz CT molecular complexity index is 1030. The van der Waals surface area contributed by atoms with E-state index in [0.29, 0.717) is 10.8 Å². The summed E-state index contributed by atoms with van der Waals surface area (Å²) in [7, 11) is 0. The molecule has 5 rings (SSSR count). The maximum atomic E-state index is 3.58. The van der Waals surface area contributed by atoms with E-state index in [1.54, 1.807) is 63.0 Å². The molecule has 252 valence electrons. The Morgan fingerprint density at radius 3 is 2.11 bits per heavy atom. The van der Waals surface area contributed by atoms with E-state index < -0.39 is 0 Å². The topological polar surface area (TPSA) is 0 Å². The van der Waals surface area contributed by atoms with Gasteiger partial charge in [-0.1, -0.05) is 110 Å². The molecule has 0 aliphatic heterocycles. The first kappa shape index (κ1) is 38.7. The van der Waals surface area contributed by atoms with Crippen molar-refractivity contribution in [3.63, 3.8) is 0 Å². The van der Waals surface area contributed by atoms with Crippen molar-refractivity contribution in [2.75, 3.05) is 0 Å². The fraction of sp³-hybridized carbons (Fsp3) is 0.773. The standard InChI is InChI=1S/C31H52.C8H10.C4H8.CH4.H2/c1-6-11-24-21-31(24)18-10-17-29(4)23(20-31)14-15-25-27-13-9-12-26(22(7-2)8-3)30(27,5)19-16-28(25)29;1-4-7-8(5-2)6-3;1-3-4-2;;/h7,23-28H,6,8-21H2,1-5H3;5-6H,2H2,1,3H3;3H,1,4H2,2H3;1H4;1H/b22-7+;8-6+;;;/t23?,24?,25?,26?,27-,28-,29-,30+,31-;;;;/m0..../s1. The molecule has 4 unspecified atom stereocenters. The Morgan fingerprint density at radius 1 is 0.864 bits per heavy atom. The van der Waals surface area contributed by atoms with Crippen LogP contribution in [-0.4, -0.2) is 0 Å². The quantitative estimate of drug-likeness (QED) is 0.161. The summed E-state index contributed by atoms with van der Waals surface area (Å²) in [6.07, 6.45) is 31.9. The first-order chi connectivity index (χ1) is 20.7. The predicted molar refractivity (Wildman–Crippen MR) is 201 cm³/mol. The molecule has 0 radical (unpaired) electrons. The summed E-state index contributed by atoms with van der Waals surface area (Å²) in [4.78, 5) is 0. The van der Waals surface area contributed by atoms with E-state index in [9.17, 15) is 0 Å². The largest absolute Gasteiger partial charge is 0.103 e. The van der Waals surface area contributed by atoms with Gasteiger partial charge in [0.1, 0.15) is 0 Å². The first-order valence-electron chi connectivity index (χ1n) is 18.7. The average molecular weight is 605 g/mol. The van der Waals surface area contributed by atoms with Crippen LogP contribution in [0.15, 0.2) is 48.6 Å². The van der Waals surface area contributed by atoms with E-state index in [-0.39, 0.29) is 8.85 Å². The zero-order valence-corrected chi connectivity index (χ0v) is 30.0. The molecule has 9 atom stereocenters. The molecule has 1 spiro atoms. The average Bonchev–Trinajstić information content (AvgIpc) is 3.72. The molecule has 0 amide bonds. The van der Waals surface area contributed by atoms with Crippen molar-refractivity contribution in [1.29, 1.82) is 0 Å². The van der Waals surface area contributed by atoms with Crippen LogP contribution in [0.5, 0.6) is 0 Å². The third-order valence-electron chi connectivity index (χ3n) is 13.7. The molecule has 44 heavy (non-hydrogen) atoms. The second-order valence-electron chi connectivity index (χ2n) is 15.5. The van der Waals surface area contributed by atoms with E-state index in [1.165, 1.54) is 44.9 Å². The zero-order chi connectivity index (χ0) is 31.7. The lowest BCUT2D eigenvalue weighted by Crippen LogP contribution is -2.55. The summed E-state index contributed by atoms with van der Waals surface area (Å²) in [5, 5.41) is 0. The van der Waals surface area contributed by atoms with Crippen LogP contribution in [0.1, 0.15) is 167 Å². The van der Waals surface area contributed by atoms with Crippen molar-refractivity contribution < 1.29 is 1.43 Å². The van der Waals surface area contributed by atoms with E-state index in [1.807, 2.05) is 26.0 Å². The minimum absolute atomic E-state index is 0. The van der Waals surface area contributed by atoms with Gasteiger partial charge >= 0.3 is 0 Å². The fourth-order valence-electron chi connectivity index (χ4n) is 11.3. The summed E-state index contributed by atoms with van der Waals surface area (Å²) < 4.78 is 0. The van der Waals surface area contributed by atoms with Gasteiger partial charge in [-0.3, -0.25) is 0 Å². The summed E-state index contributed by atoms with van der Waals surface area (Å²) in [6.45, 7) is 25.6. The highest BCUT2D eigenvalue weighted by molar-refractivity contribution is 5.35. The smallest absolute Gasteiger partial charge is 0.0196 e. The van der Waals surface area contributed by atoms with Gasteiger partial charge in [0, 0.05) is 7.00 Å². The summed E-state index contributed by atoms with van der Waals surface area (Å²) in [5.41, 5.74) is 4.83. The van der Waals surface area contributed by atoms with E-state index in [4.69, 9.17) is 0 Å². The highest BCUT2D eigenvalue weighted by Gasteiger charge is 2.62. The molecule has 5 saturated carbocycles. The molecule has 0 heterocycles. The highest BCUT2D eigenvalue weighted by atomic mass is 14.7. The monoisotopic (exact) mass is 605 g/mol. The second kappa shape index (κ2) is 17.4. The highest BCUT2D eigenvalue weighted by Crippen LogP contribution is 2.71. The Hall–Kier alpha value is -1.48. The van der Waals surface area contributed by atoms with Crippen LogP contribution in [0.25, 0.3) is 0 Å². The van der Waals surface area contributed by atoms with Gasteiger partial charge in [0.2, 0.25) is 0 Å². The Kier molecular flexibility index (Phi) is 15.3. The molecule has 0 saturated heterocycles. The molecular weight excluding hydrogens is 528 g/mol.